The number of halogens is 2. The lowest BCUT2D eigenvalue weighted by molar-refractivity contribution is 0.0995. The quantitative estimate of drug-likeness (QED) is 0.834. The van der Waals surface area contributed by atoms with E-state index in [1.807, 2.05) is 0 Å². The fraction of sp³-hybridized carbons (Fsp3) is 0.0833. The van der Waals surface area contributed by atoms with Crippen molar-refractivity contribution in [3.8, 4) is 0 Å². The highest BCUT2D eigenvalue weighted by molar-refractivity contribution is 9.10. The molecule has 0 aliphatic rings. The average molecular weight is 394 g/mol. The predicted octanol–water partition coefficient (Wildman–Crippen LogP) is 3.32. The zero-order valence-corrected chi connectivity index (χ0v) is 13.8. The first-order valence-corrected chi connectivity index (χ1v) is 8.65. The van der Waals surface area contributed by atoms with E-state index in [9.17, 15) is 13.2 Å². The van der Waals surface area contributed by atoms with E-state index in [4.69, 9.17) is 16.0 Å². The Labute approximate surface area is 134 Å². The number of anilines is 2. The third kappa shape index (κ3) is 4.48. The van der Waals surface area contributed by atoms with Crippen LogP contribution in [0, 0.1) is 0 Å². The molecule has 0 spiro atoms. The number of nitrogens with one attached hydrogen (secondary N) is 2. The highest BCUT2D eigenvalue weighted by Gasteiger charge is 2.12. The van der Waals surface area contributed by atoms with Crippen molar-refractivity contribution in [3.63, 3.8) is 0 Å². The zero-order valence-electron chi connectivity index (χ0n) is 10.7. The summed E-state index contributed by atoms with van der Waals surface area (Å²) in [5.74, 6) is -0.308. The molecule has 0 atom stereocenters. The van der Waals surface area contributed by atoms with Gasteiger partial charge in [0, 0.05) is 5.69 Å². The second kappa shape index (κ2) is 6.08. The van der Waals surface area contributed by atoms with Crippen molar-refractivity contribution < 1.29 is 17.6 Å². The Morgan fingerprint density at radius 1 is 1.29 bits per heavy atom. The van der Waals surface area contributed by atoms with Gasteiger partial charge in [0.2, 0.25) is 10.0 Å². The number of amides is 1. The summed E-state index contributed by atoms with van der Waals surface area (Å²) in [4.78, 5) is 11.9. The molecule has 2 N–H and O–H groups in total. The van der Waals surface area contributed by atoms with Crippen LogP contribution in [0.2, 0.25) is 5.02 Å². The van der Waals surface area contributed by atoms with Crippen molar-refractivity contribution in [1.82, 2.24) is 0 Å². The van der Waals surface area contributed by atoms with Crippen LogP contribution in [0.25, 0.3) is 0 Å². The highest BCUT2D eigenvalue weighted by atomic mass is 79.9. The van der Waals surface area contributed by atoms with E-state index in [0.29, 0.717) is 10.4 Å². The Hall–Kier alpha value is -1.51. The Bertz CT molecular complexity index is 788. The summed E-state index contributed by atoms with van der Waals surface area (Å²) >= 11 is 9.06. The summed E-state index contributed by atoms with van der Waals surface area (Å²) in [6.07, 6.45) is 1.02. The van der Waals surface area contributed by atoms with Gasteiger partial charge in [0.1, 0.15) is 0 Å². The summed E-state index contributed by atoms with van der Waals surface area (Å²) in [7, 11) is -3.42. The molecule has 21 heavy (non-hydrogen) atoms. The number of hydrogen-bond donors (Lipinski definition) is 2. The van der Waals surface area contributed by atoms with Crippen molar-refractivity contribution in [2.24, 2.45) is 0 Å². The van der Waals surface area contributed by atoms with Crippen molar-refractivity contribution in [3.05, 3.63) is 45.8 Å². The van der Waals surface area contributed by atoms with Crippen LogP contribution in [-0.4, -0.2) is 20.6 Å². The molecule has 1 aromatic carbocycles. The van der Waals surface area contributed by atoms with Crippen LogP contribution in [0.5, 0.6) is 0 Å². The molecule has 9 heteroatoms. The molecule has 6 nitrogen and oxygen atoms in total. The molecule has 0 bridgehead atoms. The number of sulfonamides is 1. The number of furan rings is 1. The van der Waals surface area contributed by atoms with Crippen molar-refractivity contribution in [2.45, 2.75) is 0 Å². The monoisotopic (exact) mass is 392 g/mol. The summed E-state index contributed by atoms with van der Waals surface area (Å²) in [5.41, 5.74) is 0.648. The van der Waals surface area contributed by atoms with Crippen molar-refractivity contribution in [2.75, 3.05) is 16.3 Å². The fourth-order valence-corrected chi connectivity index (χ4v) is 2.67. The lowest BCUT2D eigenvalue weighted by Gasteiger charge is -2.09. The first-order chi connectivity index (χ1) is 9.74. The smallest absolute Gasteiger partial charge is 0.291 e. The van der Waals surface area contributed by atoms with Gasteiger partial charge < -0.3 is 9.73 Å². The van der Waals surface area contributed by atoms with Crippen molar-refractivity contribution >= 4 is 54.8 Å². The van der Waals surface area contributed by atoms with Crippen LogP contribution < -0.4 is 10.0 Å². The third-order valence-corrected chi connectivity index (χ3v) is 3.65. The van der Waals surface area contributed by atoms with Gasteiger partial charge in [-0.15, -0.1) is 0 Å². The molecule has 112 valence electrons. The van der Waals surface area contributed by atoms with Crippen molar-refractivity contribution in [1.29, 1.82) is 0 Å². The van der Waals surface area contributed by atoms with Gasteiger partial charge in [0.25, 0.3) is 5.91 Å². The van der Waals surface area contributed by atoms with Crippen LogP contribution in [0.1, 0.15) is 10.6 Å². The Morgan fingerprint density at radius 2 is 2.00 bits per heavy atom. The molecule has 2 aromatic rings. The van der Waals surface area contributed by atoms with Gasteiger partial charge in [-0.2, -0.15) is 0 Å². The maximum Gasteiger partial charge on any atom is 0.291 e. The number of benzene rings is 1. The standard InChI is InChI=1S/C12H10BrClN2O4S/c1-21(18,19)16-9-3-2-7(6-8(9)14)15-12(17)10-4-5-11(13)20-10/h2-6,16H,1H3,(H,15,17). The lowest BCUT2D eigenvalue weighted by Crippen LogP contribution is -2.12. The molecule has 0 fully saturated rings. The summed E-state index contributed by atoms with van der Waals surface area (Å²) in [5, 5.41) is 2.75. The van der Waals surface area contributed by atoms with Crippen LogP contribution in [0.3, 0.4) is 0 Å². The van der Waals surface area contributed by atoms with E-state index in [1.54, 1.807) is 6.07 Å². The van der Waals surface area contributed by atoms with E-state index in [0.717, 1.165) is 6.26 Å². The predicted molar refractivity (Wildman–Crippen MR) is 84.3 cm³/mol. The molecule has 1 heterocycles. The fourth-order valence-electron chi connectivity index (χ4n) is 1.50. The summed E-state index contributed by atoms with van der Waals surface area (Å²) in [6.45, 7) is 0. The molecule has 1 amide bonds. The maximum atomic E-state index is 11.9. The van der Waals surface area contributed by atoms with E-state index in [1.165, 1.54) is 24.3 Å². The summed E-state index contributed by atoms with van der Waals surface area (Å²) < 4.78 is 30.1. The number of carbonyl (C=O) groups excluding carboxylic acids is 1. The van der Waals surface area contributed by atoms with Gasteiger partial charge in [0.15, 0.2) is 10.4 Å². The van der Waals surface area contributed by atoms with Gasteiger partial charge in [-0.25, -0.2) is 8.42 Å². The van der Waals surface area contributed by atoms with Gasteiger partial charge in [-0.3, -0.25) is 9.52 Å². The maximum absolute atomic E-state index is 11.9. The first-order valence-electron chi connectivity index (χ1n) is 5.58. The van der Waals surface area contributed by atoms with Gasteiger partial charge >= 0.3 is 0 Å². The molecule has 2 rings (SSSR count). The largest absolute Gasteiger partial charge is 0.444 e. The molecule has 0 saturated carbocycles. The molecule has 0 aliphatic carbocycles. The Morgan fingerprint density at radius 3 is 2.52 bits per heavy atom. The second-order valence-electron chi connectivity index (χ2n) is 4.13. The number of rotatable bonds is 4. The van der Waals surface area contributed by atoms with Gasteiger partial charge in [-0.1, -0.05) is 11.6 Å². The van der Waals surface area contributed by atoms with Gasteiger partial charge in [-0.05, 0) is 46.3 Å². The normalized spacial score (nSPS) is 11.2. The Kier molecular flexibility index (Phi) is 4.60. The molecule has 0 saturated heterocycles. The molecular formula is C12H10BrClN2O4S. The second-order valence-corrected chi connectivity index (χ2v) is 7.06. The van der Waals surface area contributed by atoms with Crippen LogP contribution in [0.15, 0.2) is 39.4 Å². The molecule has 0 aliphatic heterocycles. The molecule has 0 unspecified atom stereocenters. The van der Waals surface area contributed by atoms with E-state index >= 15 is 0 Å². The molecule has 0 radical (unpaired) electrons. The molecule has 1 aromatic heterocycles. The SMILES string of the molecule is CS(=O)(=O)Nc1ccc(NC(=O)c2ccc(Br)o2)cc1Cl. The van der Waals surface area contributed by atoms with Crippen LogP contribution in [-0.2, 0) is 10.0 Å². The minimum atomic E-state index is -3.42. The Balaban J connectivity index is 2.15. The van der Waals surface area contributed by atoms with Crippen LogP contribution >= 0.6 is 27.5 Å². The molecular weight excluding hydrogens is 384 g/mol. The number of hydrogen-bond acceptors (Lipinski definition) is 4. The third-order valence-electron chi connectivity index (χ3n) is 2.32. The van der Waals surface area contributed by atoms with E-state index in [2.05, 4.69) is 26.0 Å². The summed E-state index contributed by atoms with van der Waals surface area (Å²) in [6, 6.07) is 7.53. The topological polar surface area (TPSA) is 88.4 Å². The average Bonchev–Trinajstić information content (AvgIpc) is 2.78. The zero-order chi connectivity index (χ0) is 15.6. The minimum absolute atomic E-state index is 0.135. The minimum Gasteiger partial charge on any atom is -0.444 e. The van der Waals surface area contributed by atoms with Gasteiger partial charge in [0.05, 0.1) is 17.0 Å². The highest BCUT2D eigenvalue weighted by Crippen LogP contribution is 2.26. The van der Waals surface area contributed by atoms with Crippen LogP contribution in [0.4, 0.5) is 11.4 Å². The first kappa shape index (κ1) is 15.9. The number of carbonyl (C=O) groups is 1. The van der Waals surface area contributed by atoms with E-state index in [-0.39, 0.29) is 16.5 Å². The van der Waals surface area contributed by atoms with E-state index < -0.39 is 15.9 Å². The lowest BCUT2D eigenvalue weighted by atomic mass is 10.3.